The van der Waals surface area contributed by atoms with Crippen LogP contribution in [0.1, 0.15) is 24.1 Å². The number of rotatable bonds is 5. The predicted molar refractivity (Wildman–Crippen MR) is 72.8 cm³/mol. The van der Waals surface area contributed by atoms with Gasteiger partial charge in [0, 0.05) is 16.6 Å². The van der Waals surface area contributed by atoms with Gasteiger partial charge in [0.15, 0.2) is 0 Å². The van der Waals surface area contributed by atoms with Crippen molar-refractivity contribution in [3.05, 3.63) is 28.3 Å². The van der Waals surface area contributed by atoms with Gasteiger partial charge in [0.1, 0.15) is 5.75 Å². The van der Waals surface area contributed by atoms with Gasteiger partial charge in [-0.1, -0.05) is 18.5 Å². The zero-order chi connectivity index (χ0) is 13.0. The third-order valence-corrected chi connectivity index (χ3v) is 3.51. The number of methoxy groups -OCH3 is 1. The van der Waals surface area contributed by atoms with Gasteiger partial charge in [-0.3, -0.25) is 0 Å². The summed E-state index contributed by atoms with van der Waals surface area (Å²) in [7, 11) is 3.59. The lowest BCUT2D eigenvalue weighted by Gasteiger charge is -2.25. The third-order valence-electron chi connectivity index (χ3n) is 3.10. The Kier molecular flexibility index (Phi) is 5.25. The highest BCUT2D eigenvalue weighted by Crippen LogP contribution is 2.33. The topological polar surface area (TPSA) is 47.3 Å². The molecule has 0 aliphatic rings. The summed E-state index contributed by atoms with van der Waals surface area (Å²) in [6.07, 6.45) is 0. The summed E-state index contributed by atoms with van der Waals surface area (Å²) in [6.45, 7) is 4.68. The van der Waals surface area contributed by atoms with Crippen molar-refractivity contribution in [3.63, 3.8) is 0 Å². The number of hydrogen-bond donors (Lipinski definition) is 2. The number of aryl methyl sites for hydroxylation is 1. The highest BCUT2D eigenvalue weighted by atomic mass is 35.5. The maximum Gasteiger partial charge on any atom is 0.124 e. The summed E-state index contributed by atoms with van der Waals surface area (Å²) in [4.78, 5) is 0. The van der Waals surface area contributed by atoms with Gasteiger partial charge in [-0.25, -0.2) is 0 Å². The van der Waals surface area contributed by atoms with Crippen LogP contribution in [-0.4, -0.2) is 20.7 Å². The van der Waals surface area contributed by atoms with Crippen LogP contribution in [0.15, 0.2) is 12.1 Å². The monoisotopic (exact) mass is 256 g/mol. The average Bonchev–Trinajstić information content (AvgIpc) is 2.33. The molecule has 3 nitrogen and oxygen atoms in total. The molecule has 2 atom stereocenters. The number of halogens is 1. The van der Waals surface area contributed by atoms with Gasteiger partial charge >= 0.3 is 0 Å². The maximum atomic E-state index is 6.18. The number of hydrogen-bond acceptors (Lipinski definition) is 3. The summed E-state index contributed by atoms with van der Waals surface area (Å²) in [5.74, 6) is 1.17. The molecule has 0 spiro atoms. The first kappa shape index (κ1) is 14.3. The summed E-state index contributed by atoms with van der Waals surface area (Å²) >= 11 is 6.18. The molecule has 2 unspecified atom stereocenters. The molecule has 3 N–H and O–H groups in total. The van der Waals surface area contributed by atoms with Crippen molar-refractivity contribution in [3.8, 4) is 5.75 Å². The fourth-order valence-corrected chi connectivity index (χ4v) is 2.14. The van der Waals surface area contributed by atoms with Gasteiger partial charge in [-0.2, -0.15) is 0 Å². The molecule has 0 aliphatic heterocycles. The van der Waals surface area contributed by atoms with Crippen LogP contribution in [-0.2, 0) is 0 Å². The molecule has 1 rings (SSSR count). The number of nitrogens with two attached hydrogens (primary N) is 1. The Morgan fingerprint density at radius 2 is 2.12 bits per heavy atom. The van der Waals surface area contributed by atoms with Gasteiger partial charge < -0.3 is 15.8 Å². The van der Waals surface area contributed by atoms with Crippen molar-refractivity contribution in [2.75, 3.05) is 20.7 Å². The smallest absolute Gasteiger partial charge is 0.124 e. The molecule has 0 saturated carbocycles. The summed E-state index contributed by atoms with van der Waals surface area (Å²) < 4.78 is 5.42. The Hall–Kier alpha value is -0.770. The number of nitrogens with one attached hydrogen (secondary N) is 1. The van der Waals surface area contributed by atoms with E-state index in [2.05, 4.69) is 12.2 Å². The van der Waals surface area contributed by atoms with Crippen LogP contribution in [0.5, 0.6) is 5.75 Å². The van der Waals surface area contributed by atoms with Crippen LogP contribution in [0, 0.1) is 12.8 Å². The second-order valence-electron chi connectivity index (χ2n) is 4.32. The molecule has 0 saturated heterocycles. The molecule has 0 aliphatic carbocycles. The SMILES string of the molecule is CNC(c1cc(Cl)c(C)cc1OC)C(C)CN. The largest absolute Gasteiger partial charge is 0.496 e. The molecule has 0 heterocycles. The minimum absolute atomic E-state index is 0.146. The first-order chi connectivity index (χ1) is 8.04. The first-order valence-corrected chi connectivity index (χ1v) is 6.14. The van der Waals surface area contributed by atoms with E-state index in [4.69, 9.17) is 22.1 Å². The molecule has 0 amide bonds. The zero-order valence-corrected chi connectivity index (χ0v) is 11.6. The summed E-state index contributed by atoms with van der Waals surface area (Å²) in [5, 5.41) is 4.03. The van der Waals surface area contributed by atoms with Crippen molar-refractivity contribution < 1.29 is 4.74 Å². The lowest BCUT2D eigenvalue weighted by molar-refractivity contribution is 0.373. The highest BCUT2D eigenvalue weighted by molar-refractivity contribution is 6.31. The number of ether oxygens (including phenoxy) is 1. The normalized spacial score (nSPS) is 14.5. The van der Waals surface area contributed by atoms with E-state index in [9.17, 15) is 0 Å². The number of benzene rings is 1. The Morgan fingerprint density at radius 3 is 2.59 bits per heavy atom. The van der Waals surface area contributed by atoms with Gasteiger partial charge in [0.25, 0.3) is 0 Å². The van der Waals surface area contributed by atoms with Crippen LogP contribution in [0.4, 0.5) is 0 Å². The van der Waals surface area contributed by atoms with E-state index in [0.717, 1.165) is 21.9 Å². The van der Waals surface area contributed by atoms with Crippen LogP contribution in [0.3, 0.4) is 0 Å². The van der Waals surface area contributed by atoms with E-state index in [0.29, 0.717) is 12.5 Å². The quantitative estimate of drug-likeness (QED) is 0.851. The van der Waals surface area contributed by atoms with Crippen LogP contribution >= 0.6 is 11.6 Å². The summed E-state index contributed by atoms with van der Waals surface area (Å²) in [5.41, 5.74) is 7.81. The third kappa shape index (κ3) is 3.12. The second-order valence-corrected chi connectivity index (χ2v) is 4.73. The van der Waals surface area contributed by atoms with Gasteiger partial charge in [0.2, 0.25) is 0 Å². The Labute approximate surface area is 108 Å². The van der Waals surface area contributed by atoms with E-state index in [1.165, 1.54) is 0 Å². The van der Waals surface area contributed by atoms with Crippen LogP contribution in [0.2, 0.25) is 5.02 Å². The minimum Gasteiger partial charge on any atom is -0.496 e. The van der Waals surface area contributed by atoms with E-state index in [-0.39, 0.29) is 6.04 Å². The van der Waals surface area contributed by atoms with Crippen LogP contribution < -0.4 is 15.8 Å². The fourth-order valence-electron chi connectivity index (χ4n) is 1.97. The van der Waals surface area contributed by atoms with Crippen molar-refractivity contribution in [1.82, 2.24) is 5.32 Å². The van der Waals surface area contributed by atoms with E-state index in [1.54, 1.807) is 7.11 Å². The van der Waals surface area contributed by atoms with Crippen molar-refractivity contribution >= 4 is 11.6 Å². The lowest BCUT2D eigenvalue weighted by Crippen LogP contribution is -2.29. The molecule has 0 fully saturated rings. The van der Waals surface area contributed by atoms with E-state index in [1.807, 2.05) is 26.1 Å². The molecule has 0 radical (unpaired) electrons. The molecule has 0 aromatic heterocycles. The Balaban J connectivity index is 3.22. The first-order valence-electron chi connectivity index (χ1n) is 5.76. The van der Waals surface area contributed by atoms with Gasteiger partial charge in [0.05, 0.1) is 7.11 Å². The summed E-state index contributed by atoms with van der Waals surface area (Å²) in [6, 6.07) is 4.07. The van der Waals surface area contributed by atoms with Crippen molar-refractivity contribution in [2.45, 2.75) is 19.9 Å². The lowest BCUT2D eigenvalue weighted by atomic mass is 9.93. The van der Waals surface area contributed by atoms with Gasteiger partial charge in [-0.15, -0.1) is 0 Å². The molecule has 17 heavy (non-hydrogen) atoms. The predicted octanol–water partition coefficient (Wildman–Crippen LogP) is 2.51. The molecular weight excluding hydrogens is 236 g/mol. The second kappa shape index (κ2) is 6.24. The molecule has 96 valence electrons. The average molecular weight is 257 g/mol. The molecule has 4 heteroatoms. The molecular formula is C13H21ClN2O. The van der Waals surface area contributed by atoms with Crippen molar-refractivity contribution in [2.24, 2.45) is 11.7 Å². The maximum absolute atomic E-state index is 6.18. The molecule has 0 bridgehead atoms. The molecule has 1 aromatic carbocycles. The zero-order valence-electron chi connectivity index (χ0n) is 10.9. The molecule has 1 aromatic rings. The standard InChI is InChI=1S/C13H21ClN2O/c1-8-5-12(17-4)10(6-11(8)14)13(16-3)9(2)7-15/h5-6,9,13,16H,7,15H2,1-4H3. The van der Waals surface area contributed by atoms with E-state index >= 15 is 0 Å². The van der Waals surface area contributed by atoms with Crippen molar-refractivity contribution in [1.29, 1.82) is 0 Å². The highest BCUT2D eigenvalue weighted by Gasteiger charge is 2.21. The van der Waals surface area contributed by atoms with Crippen LogP contribution in [0.25, 0.3) is 0 Å². The Morgan fingerprint density at radius 1 is 1.47 bits per heavy atom. The minimum atomic E-state index is 0.146. The Bertz CT molecular complexity index is 382. The van der Waals surface area contributed by atoms with E-state index < -0.39 is 0 Å². The fraction of sp³-hybridized carbons (Fsp3) is 0.538. The van der Waals surface area contributed by atoms with Gasteiger partial charge in [-0.05, 0) is 44.1 Å².